The molecule has 11 heterocycles. The van der Waals surface area contributed by atoms with Crippen LogP contribution >= 0.6 is 0 Å². The number of aryl methyl sites for hydroxylation is 1. The summed E-state index contributed by atoms with van der Waals surface area (Å²) in [5.41, 5.74) is 5.85. The Labute approximate surface area is 510 Å². The van der Waals surface area contributed by atoms with Gasteiger partial charge in [-0.1, -0.05) is 24.3 Å². The minimum atomic E-state index is -4.73. The van der Waals surface area contributed by atoms with E-state index in [-0.39, 0.29) is 77.6 Å². The molecule has 3 aromatic carbocycles. The first-order chi connectivity index (χ1) is 42.7. The lowest BCUT2D eigenvalue weighted by molar-refractivity contribution is -0.384. The van der Waals surface area contributed by atoms with Crippen LogP contribution in [0.15, 0.2) is 83.9 Å². The van der Waals surface area contributed by atoms with E-state index in [0.29, 0.717) is 93.2 Å². The van der Waals surface area contributed by atoms with Gasteiger partial charge >= 0.3 is 0 Å². The van der Waals surface area contributed by atoms with E-state index in [0.717, 1.165) is 100 Å². The van der Waals surface area contributed by atoms with Crippen LogP contribution in [0.3, 0.4) is 0 Å². The van der Waals surface area contributed by atoms with Gasteiger partial charge < -0.3 is 53.4 Å². The monoisotopic (exact) mass is 1220 g/mol. The Bertz CT molecular complexity index is 3800. The van der Waals surface area contributed by atoms with Gasteiger partial charge in [0, 0.05) is 119 Å². The van der Waals surface area contributed by atoms with Gasteiger partial charge in [0.2, 0.25) is 11.8 Å². The highest BCUT2D eigenvalue weighted by atomic mass is 32.2. The quantitative estimate of drug-likeness (QED) is 0.0814. The average Bonchev–Trinajstić information content (AvgIpc) is 1.13. The van der Waals surface area contributed by atoms with Crippen molar-refractivity contribution in [2.45, 2.75) is 112 Å². The molecule has 6 atom stereocenters. The van der Waals surface area contributed by atoms with E-state index in [1.807, 2.05) is 36.1 Å². The summed E-state index contributed by atoms with van der Waals surface area (Å²) in [6.07, 6.45) is 8.24. The number of rotatable bonds is 11. The second-order valence-corrected chi connectivity index (χ2v) is 27.2. The third-order valence-electron chi connectivity index (χ3n) is 20.5. The number of halogens is 1. The number of nitro groups is 1. The lowest BCUT2D eigenvalue weighted by atomic mass is 9.59. The minimum absolute atomic E-state index is 0.00721. The zero-order valence-corrected chi connectivity index (χ0v) is 50.4. The summed E-state index contributed by atoms with van der Waals surface area (Å²) in [6, 6.07) is 22.0. The predicted molar refractivity (Wildman–Crippen MR) is 326 cm³/mol. The Morgan fingerprint density at radius 1 is 0.818 bits per heavy atom. The standard InChI is InChI=1S/C64H74FN11O11S/c1-38-5-3-4-6-45(38)55-34-72(50-13-25-85-62-47(50)31-48(65)60(69-62)73-21-26-84-35-39(73)2)19-20-74(55)43-32-64(33-43)14-17-71(18-15-64)42-7-8-46(52(28-42)75-51-12-24-83-37-57(51)87-63-54(75)27-41-9-16-66-59(41)68-63)61(77)70-88(80,81)44-29-53(76(78)79)58-56(30-44)86-36-49(67-58)40-10-22-82-23-11-40/h3-9,16,27-31,39-40,43,49-51,55,57,67H,10-15,17-26,32-37H2,1-2H3,(H,66,68)(H,70,77)/t39-,49-,50+,51-,55-,57-/m0/s1. The molecule has 3 N–H and O–H groups in total. The van der Waals surface area contributed by atoms with E-state index in [1.165, 1.54) is 17.2 Å². The van der Waals surface area contributed by atoms with E-state index in [1.54, 1.807) is 18.3 Å². The predicted octanol–water partition coefficient (Wildman–Crippen LogP) is 8.58. The molecule has 0 radical (unpaired) electrons. The summed E-state index contributed by atoms with van der Waals surface area (Å²) < 4.78 is 83.4. The fourth-order valence-corrected chi connectivity index (χ4v) is 16.7. The van der Waals surface area contributed by atoms with Crippen LogP contribution in [-0.2, 0) is 24.2 Å². The molecule has 9 aliphatic rings. The first-order valence-corrected chi connectivity index (χ1v) is 32.7. The molecule has 6 aromatic rings. The van der Waals surface area contributed by atoms with Crippen LogP contribution in [0.25, 0.3) is 11.0 Å². The summed E-state index contributed by atoms with van der Waals surface area (Å²) in [4.78, 5) is 51.1. The molecule has 24 heteroatoms. The highest BCUT2D eigenvalue weighted by molar-refractivity contribution is 7.90. The zero-order chi connectivity index (χ0) is 60.0. The second kappa shape index (κ2) is 22.9. The number of piperazine rings is 1. The molecular weight excluding hydrogens is 1150 g/mol. The highest BCUT2D eigenvalue weighted by Crippen LogP contribution is 2.55. The normalized spacial score (nSPS) is 25.9. The van der Waals surface area contributed by atoms with Crippen molar-refractivity contribution in [1.82, 2.24) is 29.5 Å². The SMILES string of the molecule is Cc1ccccc1[C@@H]1CN([C@@H]2CCOc3nc(N4CCOC[C@@H]4C)c(F)cc32)CCN1C1CC2(CCN(c3ccc(C(=O)NS(=O)(=O)c4cc5c(c([N+](=O)[O-])c4)N[C@H](C4CCOCC4)CO5)c(N4c5cc6cc[nH]c6nc5O[C@H]5COCC[C@@H]54)c3)CC2)C1. The zero-order valence-electron chi connectivity index (χ0n) is 49.5. The molecule has 5 saturated heterocycles. The molecule has 1 aliphatic carbocycles. The van der Waals surface area contributed by atoms with Crippen molar-refractivity contribution >= 4 is 61.2 Å². The number of pyridine rings is 2. The summed E-state index contributed by atoms with van der Waals surface area (Å²) in [5.74, 6) is 0.145. The number of aromatic amines is 1. The van der Waals surface area contributed by atoms with Crippen LogP contribution in [0, 0.1) is 34.2 Å². The van der Waals surface area contributed by atoms with Crippen molar-refractivity contribution in [2.75, 3.05) is 112 Å². The number of amides is 1. The fourth-order valence-electron chi connectivity index (χ4n) is 15.7. The molecule has 1 amide bonds. The number of hydrogen-bond donors (Lipinski definition) is 3. The summed E-state index contributed by atoms with van der Waals surface area (Å²) in [7, 11) is -4.73. The lowest BCUT2D eigenvalue weighted by Gasteiger charge is -2.59. The largest absolute Gasteiger partial charge is 0.489 e. The van der Waals surface area contributed by atoms with Crippen molar-refractivity contribution in [1.29, 1.82) is 0 Å². The number of morpholine rings is 1. The number of piperidine rings is 1. The van der Waals surface area contributed by atoms with E-state index in [4.69, 9.17) is 38.4 Å². The van der Waals surface area contributed by atoms with Crippen molar-refractivity contribution in [3.05, 3.63) is 117 Å². The molecule has 464 valence electrons. The Morgan fingerprint density at radius 2 is 1.64 bits per heavy atom. The number of nitrogens with zero attached hydrogens (tertiary/aromatic N) is 8. The first kappa shape index (κ1) is 57.1. The molecule has 6 fully saturated rings. The van der Waals surface area contributed by atoms with Gasteiger partial charge in [0.15, 0.2) is 23.1 Å². The van der Waals surface area contributed by atoms with Crippen molar-refractivity contribution in [2.24, 2.45) is 11.3 Å². The maximum Gasteiger partial charge on any atom is 0.297 e. The molecule has 88 heavy (non-hydrogen) atoms. The number of carbonyl (C=O) groups excluding carboxylic acids is 1. The van der Waals surface area contributed by atoms with Crippen LogP contribution in [-0.4, -0.2) is 166 Å². The van der Waals surface area contributed by atoms with Crippen molar-refractivity contribution in [3.63, 3.8) is 0 Å². The van der Waals surface area contributed by atoms with Gasteiger partial charge in [0.05, 0.1) is 65.6 Å². The minimum Gasteiger partial charge on any atom is -0.489 e. The average molecular weight is 1220 g/mol. The molecule has 3 aromatic heterocycles. The van der Waals surface area contributed by atoms with E-state index in [2.05, 4.69) is 65.8 Å². The van der Waals surface area contributed by atoms with Gasteiger partial charge in [-0.25, -0.2) is 17.5 Å². The van der Waals surface area contributed by atoms with Crippen LogP contribution in [0.1, 0.15) is 97.4 Å². The van der Waals surface area contributed by atoms with Crippen LogP contribution < -0.4 is 38.9 Å². The summed E-state index contributed by atoms with van der Waals surface area (Å²) in [5, 5.41) is 16.7. The third kappa shape index (κ3) is 10.4. The van der Waals surface area contributed by atoms with Gasteiger partial charge in [0.25, 0.3) is 21.6 Å². The van der Waals surface area contributed by atoms with Crippen molar-refractivity contribution < 1.29 is 50.9 Å². The van der Waals surface area contributed by atoms with Gasteiger partial charge in [-0.05, 0) is 118 Å². The Hall–Kier alpha value is -7.35. The molecule has 22 nitrogen and oxygen atoms in total. The van der Waals surface area contributed by atoms with Crippen LogP contribution in [0.2, 0.25) is 0 Å². The topological polar surface area (TPSA) is 232 Å². The number of H-pyrrole nitrogens is 1. The number of anilines is 5. The smallest absolute Gasteiger partial charge is 0.297 e. The number of ether oxygens (including phenoxy) is 6. The molecule has 0 unspecified atom stereocenters. The summed E-state index contributed by atoms with van der Waals surface area (Å²) >= 11 is 0. The highest BCUT2D eigenvalue weighted by Gasteiger charge is 2.51. The van der Waals surface area contributed by atoms with E-state index >= 15 is 4.39 Å². The van der Waals surface area contributed by atoms with E-state index in [9.17, 15) is 23.3 Å². The lowest BCUT2D eigenvalue weighted by Crippen LogP contribution is -2.60. The van der Waals surface area contributed by atoms with Crippen LogP contribution in [0.5, 0.6) is 17.5 Å². The maximum atomic E-state index is 16.2. The number of fused-ring (bicyclic) bond motifs is 5. The number of carbonyl (C=O) groups is 1. The first-order valence-electron chi connectivity index (χ1n) is 31.3. The number of benzene rings is 3. The van der Waals surface area contributed by atoms with Gasteiger partial charge in [-0.3, -0.25) is 24.7 Å². The Balaban J connectivity index is 0.687. The molecular formula is C64H74FN11O11S. The molecule has 1 saturated carbocycles. The number of aromatic nitrogens is 3. The Kier molecular flexibility index (Phi) is 14.9. The fraction of sp³-hybridized carbons (Fsp3) is 0.516. The van der Waals surface area contributed by atoms with E-state index < -0.39 is 37.5 Å². The third-order valence-corrected chi connectivity index (χ3v) is 21.8. The molecule has 8 aliphatic heterocycles. The van der Waals surface area contributed by atoms with Crippen LogP contribution in [0.4, 0.5) is 38.6 Å². The maximum absolute atomic E-state index is 16.2. The molecule has 1 spiro atoms. The summed E-state index contributed by atoms with van der Waals surface area (Å²) in [6.45, 7) is 12.5. The number of hydrogen-bond acceptors (Lipinski definition) is 19. The number of sulfonamides is 1. The van der Waals surface area contributed by atoms with Crippen molar-refractivity contribution in [3.8, 4) is 17.5 Å². The number of nitrogens with one attached hydrogen (secondary N) is 3. The van der Waals surface area contributed by atoms with Gasteiger partial charge in [-0.2, -0.15) is 9.97 Å². The van der Waals surface area contributed by atoms with Gasteiger partial charge in [-0.15, -0.1) is 0 Å². The molecule has 15 rings (SSSR count). The Morgan fingerprint density at radius 3 is 2.45 bits per heavy atom. The molecule has 0 bridgehead atoms. The van der Waals surface area contributed by atoms with Gasteiger partial charge in [0.1, 0.15) is 24.0 Å². The second-order valence-electron chi connectivity index (χ2n) is 25.5. The number of nitro benzene ring substituents is 1.